The summed E-state index contributed by atoms with van der Waals surface area (Å²) in [5, 5.41) is 6.92. The predicted octanol–water partition coefficient (Wildman–Crippen LogP) is 4.15. The third-order valence-electron chi connectivity index (χ3n) is 4.49. The number of hydrogen-bond acceptors (Lipinski definition) is 5. The molecule has 0 aliphatic rings. The smallest absolute Gasteiger partial charge is 0.421 e. The number of nitrogens with one attached hydrogen (secondary N) is 1. The summed E-state index contributed by atoms with van der Waals surface area (Å²) in [6.45, 7) is 3.89. The van der Waals surface area contributed by atoms with Gasteiger partial charge in [0.2, 0.25) is 0 Å². The summed E-state index contributed by atoms with van der Waals surface area (Å²) in [6, 6.07) is 7.45. The first kappa shape index (κ1) is 21.9. The highest BCUT2D eigenvalue weighted by atomic mass is 35.5. The number of carbonyl (C=O) groups is 1. The molecule has 0 saturated heterocycles. The molecule has 3 aromatic rings. The van der Waals surface area contributed by atoms with Gasteiger partial charge in [-0.3, -0.25) is 4.68 Å². The Hall–Kier alpha value is -2.78. The highest BCUT2D eigenvalue weighted by Gasteiger charge is 2.17. The highest BCUT2D eigenvalue weighted by Crippen LogP contribution is 2.27. The van der Waals surface area contributed by atoms with Crippen molar-refractivity contribution in [1.82, 2.24) is 19.1 Å². The first-order valence-electron chi connectivity index (χ1n) is 9.40. The van der Waals surface area contributed by atoms with Crippen LogP contribution in [0.25, 0.3) is 22.8 Å². The molecule has 0 bridgehead atoms. The molecule has 1 aromatic carbocycles. The van der Waals surface area contributed by atoms with E-state index in [-0.39, 0.29) is 6.61 Å². The number of carbonyl (C=O) groups excluding carboxylic acids is 1. The third kappa shape index (κ3) is 4.85. The van der Waals surface area contributed by atoms with Crippen molar-refractivity contribution in [3.05, 3.63) is 52.2 Å². The molecular formula is C20H23ClN4O4S. The molecule has 0 radical (unpaired) electrons. The normalized spacial score (nSPS) is 12.0. The summed E-state index contributed by atoms with van der Waals surface area (Å²) >= 11 is 6.07. The Morgan fingerprint density at radius 1 is 1.33 bits per heavy atom. The Morgan fingerprint density at radius 2 is 2.10 bits per heavy atom. The summed E-state index contributed by atoms with van der Waals surface area (Å²) in [5.41, 5.74) is 2.15. The largest absolute Gasteiger partial charge is 0.449 e. The van der Waals surface area contributed by atoms with E-state index in [9.17, 15) is 13.2 Å². The van der Waals surface area contributed by atoms with Crippen LogP contribution in [0.2, 0.25) is 5.02 Å². The van der Waals surface area contributed by atoms with E-state index in [0.29, 0.717) is 28.5 Å². The molecule has 0 aliphatic heterocycles. The van der Waals surface area contributed by atoms with Crippen molar-refractivity contribution in [2.24, 2.45) is 7.05 Å². The van der Waals surface area contributed by atoms with Crippen LogP contribution in [0.1, 0.15) is 31.0 Å². The minimum Gasteiger partial charge on any atom is -0.449 e. The number of rotatable bonds is 7. The number of benzene rings is 1. The molecule has 1 N–H and O–H groups in total. The molecule has 3 rings (SSSR count). The Labute approximate surface area is 180 Å². The van der Waals surface area contributed by atoms with Gasteiger partial charge in [-0.1, -0.05) is 24.9 Å². The number of hydrogen-bond donors (Lipinski definition) is 1. The number of aromatic nitrogens is 3. The Balaban J connectivity index is 1.91. The van der Waals surface area contributed by atoms with Gasteiger partial charge in [-0.25, -0.2) is 17.9 Å². The van der Waals surface area contributed by atoms with Crippen LogP contribution in [-0.4, -0.2) is 35.5 Å². The number of ether oxygens (including phenoxy) is 1. The monoisotopic (exact) mass is 450 g/mol. The Bertz CT molecular complexity index is 1210. The third-order valence-corrected chi connectivity index (χ3v) is 5.67. The maximum Gasteiger partial charge on any atom is 0.421 e. The summed E-state index contributed by atoms with van der Waals surface area (Å²) in [5.74, 6) is 0.682. The second-order valence-electron chi connectivity index (χ2n) is 6.77. The van der Waals surface area contributed by atoms with Crippen molar-refractivity contribution in [3.63, 3.8) is 0 Å². The minimum absolute atomic E-state index is 0.165. The minimum atomic E-state index is -4.03. The summed E-state index contributed by atoms with van der Waals surface area (Å²) in [7, 11) is -2.25. The predicted molar refractivity (Wildman–Crippen MR) is 117 cm³/mol. The Kier molecular flexibility index (Phi) is 6.52. The van der Waals surface area contributed by atoms with Crippen molar-refractivity contribution in [3.8, 4) is 5.82 Å². The average Bonchev–Trinajstić information content (AvgIpc) is 3.18. The van der Waals surface area contributed by atoms with Crippen LogP contribution in [0.5, 0.6) is 0 Å². The number of amides is 1. The van der Waals surface area contributed by atoms with Crippen molar-refractivity contribution < 1.29 is 17.9 Å². The number of unbranched alkanes of at least 4 members (excludes halogenated alkanes) is 1. The number of fused-ring (bicyclic) bond motifs is 1. The lowest BCUT2D eigenvalue weighted by Gasteiger charge is -2.08. The van der Waals surface area contributed by atoms with E-state index in [1.165, 1.54) is 6.08 Å². The fourth-order valence-corrected chi connectivity index (χ4v) is 3.94. The zero-order chi connectivity index (χ0) is 21.9. The van der Waals surface area contributed by atoms with E-state index in [1.54, 1.807) is 24.7 Å². The molecule has 0 unspecified atom stereocenters. The van der Waals surface area contributed by atoms with Gasteiger partial charge >= 0.3 is 6.09 Å². The molecule has 10 heteroatoms. The van der Waals surface area contributed by atoms with E-state index >= 15 is 0 Å². The van der Waals surface area contributed by atoms with E-state index in [0.717, 1.165) is 22.7 Å². The number of sulfonamides is 1. The molecule has 8 nitrogen and oxygen atoms in total. The SMILES string of the molecule is CCCCOC(=O)NS(=O)(=O)/C=C/c1c(C)nn(C)c1-n1ccc2cc(Cl)ccc21. The number of halogens is 1. The van der Waals surface area contributed by atoms with Gasteiger partial charge in [0.05, 0.1) is 23.2 Å². The van der Waals surface area contributed by atoms with Crippen molar-refractivity contribution in [2.75, 3.05) is 6.61 Å². The lowest BCUT2D eigenvalue weighted by atomic mass is 10.2. The van der Waals surface area contributed by atoms with E-state index in [2.05, 4.69) is 5.10 Å². The number of nitrogens with zero attached hydrogens (tertiary/aromatic N) is 3. The summed E-state index contributed by atoms with van der Waals surface area (Å²) < 4.78 is 34.8. The lowest BCUT2D eigenvalue weighted by Crippen LogP contribution is -2.29. The van der Waals surface area contributed by atoms with Gasteiger partial charge in [-0.15, -0.1) is 0 Å². The van der Waals surface area contributed by atoms with Crippen molar-refractivity contribution in [2.45, 2.75) is 26.7 Å². The molecule has 0 atom stereocenters. The quantitative estimate of drug-likeness (QED) is 0.545. The highest BCUT2D eigenvalue weighted by molar-refractivity contribution is 7.93. The van der Waals surface area contributed by atoms with E-state index in [1.807, 2.05) is 40.6 Å². The number of aryl methyl sites for hydroxylation is 2. The van der Waals surface area contributed by atoms with Gasteiger partial charge in [0.15, 0.2) is 0 Å². The van der Waals surface area contributed by atoms with Gasteiger partial charge in [0.25, 0.3) is 10.0 Å². The van der Waals surface area contributed by atoms with Crippen LogP contribution in [0.15, 0.2) is 35.9 Å². The average molecular weight is 451 g/mol. The Morgan fingerprint density at radius 3 is 2.83 bits per heavy atom. The molecule has 1 amide bonds. The molecule has 30 heavy (non-hydrogen) atoms. The van der Waals surface area contributed by atoms with Gasteiger partial charge in [0.1, 0.15) is 5.82 Å². The van der Waals surface area contributed by atoms with Gasteiger partial charge in [-0.05, 0) is 43.7 Å². The standard InChI is InChI=1S/C20H23ClN4O4S/c1-4-5-11-29-20(26)23-30(27,28)12-9-17-14(2)22-24(3)19(17)25-10-8-15-13-16(21)6-7-18(15)25/h6-10,12-13H,4-5,11H2,1-3H3,(H,23,26)/b12-9+. The molecule has 0 saturated carbocycles. The molecule has 0 aliphatic carbocycles. The van der Waals surface area contributed by atoms with Crippen LogP contribution in [0.4, 0.5) is 4.79 Å². The van der Waals surface area contributed by atoms with Crippen LogP contribution in [0, 0.1) is 6.92 Å². The molecule has 2 heterocycles. The summed E-state index contributed by atoms with van der Waals surface area (Å²) in [4.78, 5) is 11.7. The molecular weight excluding hydrogens is 428 g/mol. The van der Waals surface area contributed by atoms with Gasteiger partial charge < -0.3 is 9.30 Å². The van der Waals surface area contributed by atoms with Crippen LogP contribution < -0.4 is 4.72 Å². The topological polar surface area (TPSA) is 95.2 Å². The lowest BCUT2D eigenvalue weighted by molar-refractivity contribution is 0.151. The van der Waals surface area contributed by atoms with Crippen molar-refractivity contribution in [1.29, 1.82) is 0 Å². The zero-order valence-electron chi connectivity index (χ0n) is 16.9. The fourth-order valence-electron chi connectivity index (χ4n) is 3.09. The zero-order valence-corrected chi connectivity index (χ0v) is 18.5. The second-order valence-corrected chi connectivity index (χ2v) is 8.78. The van der Waals surface area contributed by atoms with Gasteiger partial charge in [-0.2, -0.15) is 5.10 Å². The maximum atomic E-state index is 12.3. The molecule has 0 spiro atoms. The molecule has 0 fully saturated rings. The second kappa shape index (κ2) is 8.93. The maximum absolute atomic E-state index is 12.3. The first-order chi connectivity index (χ1) is 14.2. The van der Waals surface area contributed by atoms with Crippen LogP contribution in [-0.2, 0) is 21.8 Å². The fraction of sp³-hybridized carbons (Fsp3) is 0.300. The van der Waals surface area contributed by atoms with Crippen LogP contribution in [0.3, 0.4) is 0 Å². The van der Waals surface area contributed by atoms with Crippen molar-refractivity contribution >= 4 is 44.7 Å². The van der Waals surface area contributed by atoms with E-state index in [4.69, 9.17) is 16.3 Å². The summed E-state index contributed by atoms with van der Waals surface area (Å²) in [6.07, 6.45) is 3.79. The first-order valence-corrected chi connectivity index (χ1v) is 11.3. The van der Waals surface area contributed by atoms with Gasteiger partial charge in [0, 0.05) is 29.2 Å². The van der Waals surface area contributed by atoms with Crippen LogP contribution >= 0.6 is 11.6 Å². The van der Waals surface area contributed by atoms with E-state index < -0.39 is 16.1 Å². The molecule has 160 valence electrons. The molecule has 2 aromatic heterocycles.